The van der Waals surface area contributed by atoms with Gasteiger partial charge in [-0.1, -0.05) is 129 Å². The largest absolute Gasteiger partial charge is 0.456 e. The van der Waals surface area contributed by atoms with Crippen molar-refractivity contribution in [3.05, 3.63) is 169 Å². The maximum Gasteiger partial charge on any atom is 0.135 e. The molecule has 0 saturated carbocycles. The monoisotopic (exact) mass is 664 g/mol. The van der Waals surface area contributed by atoms with Crippen LogP contribution in [0.4, 0.5) is 0 Å². The summed E-state index contributed by atoms with van der Waals surface area (Å²) in [6.07, 6.45) is 1.93. The van der Waals surface area contributed by atoms with Crippen LogP contribution in [-0.2, 0) is 5.41 Å². The lowest BCUT2D eigenvalue weighted by atomic mass is 9.80. The van der Waals surface area contributed by atoms with E-state index in [1.165, 1.54) is 55.3 Å². The molecule has 0 atom stereocenters. The molecule has 0 bridgehead atoms. The van der Waals surface area contributed by atoms with Crippen molar-refractivity contribution in [2.75, 3.05) is 0 Å². The third-order valence-corrected chi connectivity index (χ3v) is 11.3. The lowest BCUT2D eigenvalue weighted by Crippen LogP contribution is -2.15. The van der Waals surface area contributed by atoms with Gasteiger partial charge in [-0.05, 0) is 91.7 Å². The first-order valence-electron chi connectivity index (χ1n) is 17.9. The van der Waals surface area contributed by atoms with Crippen LogP contribution in [0, 0.1) is 0 Å². The lowest BCUT2D eigenvalue weighted by Gasteiger charge is -2.22. The molecular weight excluding hydrogens is 633 g/mol. The van der Waals surface area contributed by atoms with E-state index in [9.17, 15) is 0 Å². The van der Waals surface area contributed by atoms with Crippen molar-refractivity contribution >= 4 is 54.5 Å². The number of aromatic nitrogens is 2. The maximum absolute atomic E-state index is 6.11. The summed E-state index contributed by atoms with van der Waals surface area (Å²) in [4.78, 5) is 10.3. The van der Waals surface area contributed by atoms with Crippen molar-refractivity contribution in [2.45, 2.75) is 19.3 Å². The molecular formula is C49H32N2O. The third-order valence-electron chi connectivity index (χ3n) is 11.3. The number of hydrogen-bond acceptors (Lipinski definition) is 3. The van der Waals surface area contributed by atoms with Gasteiger partial charge in [-0.25, -0.2) is 4.98 Å². The molecule has 10 aromatic rings. The van der Waals surface area contributed by atoms with E-state index in [0.29, 0.717) is 0 Å². The normalized spacial score (nSPS) is 13.3. The topological polar surface area (TPSA) is 38.9 Å². The predicted molar refractivity (Wildman–Crippen MR) is 216 cm³/mol. The van der Waals surface area contributed by atoms with Gasteiger partial charge in [0.15, 0.2) is 0 Å². The predicted octanol–water partition coefficient (Wildman–Crippen LogP) is 13.1. The number of benzene rings is 8. The highest BCUT2D eigenvalue weighted by Crippen LogP contribution is 2.51. The van der Waals surface area contributed by atoms with Crippen LogP contribution in [-0.4, -0.2) is 9.97 Å². The Balaban J connectivity index is 0.972. The second-order valence-electron chi connectivity index (χ2n) is 14.6. The Labute approximate surface area is 300 Å². The van der Waals surface area contributed by atoms with E-state index >= 15 is 0 Å². The van der Waals surface area contributed by atoms with Crippen LogP contribution in [0.15, 0.2) is 162 Å². The number of para-hydroxylation sites is 1. The molecule has 2 aromatic heterocycles. The molecule has 11 rings (SSSR count). The first-order chi connectivity index (χ1) is 25.5. The van der Waals surface area contributed by atoms with Gasteiger partial charge in [0.05, 0.1) is 22.9 Å². The number of hydrogen-bond donors (Lipinski definition) is 0. The minimum absolute atomic E-state index is 0.158. The Bertz CT molecular complexity index is 3080. The fraction of sp³-hybridized carbons (Fsp3) is 0.0612. The van der Waals surface area contributed by atoms with E-state index in [-0.39, 0.29) is 5.41 Å². The molecule has 2 heterocycles. The molecule has 0 saturated heterocycles. The summed E-state index contributed by atoms with van der Waals surface area (Å²) >= 11 is 0. The Kier molecular flexibility index (Phi) is 6.01. The zero-order valence-electron chi connectivity index (χ0n) is 28.8. The van der Waals surface area contributed by atoms with Crippen LogP contribution in [0.3, 0.4) is 0 Å². The van der Waals surface area contributed by atoms with Gasteiger partial charge in [0.1, 0.15) is 11.2 Å². The van der Waals surface area contributed by atoms with E-state index in [0.717, 1.165) is 55.0 Å². The fourth-order valence-electron chi connectivity index (χ4n) is 8.62. The molecule has 0 fully saturated rings. The molecule has 0 spiro atoms. The summed E-state index contributed by atoms with van der Waals surface area (Å²) in [7, 11) is 0. The number of furan rings is 1. The Morgan fingerprint density at radius 3 is 1.67 bits per heavy atom. The van der Waals surface area contributed by atoms with Gasteiger partial charge in [-0.2, -0.15) is 0 Å². The van der Waals surface area contributed by atoms with Crippen LogP contribution < -0.4 is 0 Å². The van der Waals surface area contributed by atoms with Crippen molar-refractivity contribution in [3.63, 3.8) is 0 Å². The molecule has 0 N–H and O–H groups in total. The summed E-state index contributed by atoms with van der Waals surface area (Å²) in [5.41, 5.74) is 15.6. The van der Waals surface area contributed by atoms with E-state index in [4.69, 9.17) is 14.4 Å². The first kappa shape index (κ1) is 29.2. The van der Waals surface area contributed by atoms with E-state index < -0.39 is 0 Å². The van der Waals surface area contributed by atoms with E-state index in [1.807, 2.05) is 18.3 Å². The van der Waals surface area contributed by atoms with E-state index in [2.05, 4.69) is 153 Å². The summed E-state index contributed by atoms with van der Waals surface area (Å²) in [6, 6.07) is 54.5. The molecule has 0 radical (unpaired) electrons. The molecule has 3 nitrogen and oxygen atoms in total. The smallest absolute Gasteiger partial charge is 0.135 e. The van der Waals surface area contributed by atoms with Crippen LogP contribution in [0.1, 0.15) is 25.0 Å². The Morgan fingerprint density at radius 1 is 0.423 bits per heavy atom. The van der Waals surface area contributed by atoms with Crippen molar-refractivity contribution < 1.29 is 4.42 Å². The minimum Gasteiger partial charge on any atom is -0.456 e. The molecule has 244 valence electrons. The van der Waals surface area contributed by atoms with Gasteiger partial charge in [0.25, 0.3) is 0 Å². The summed E-state index contributed by atoms with van der Waals surface area (Å²) in [6.45, 7) is 4.71. The van der Waals surface area contributed by atoms with Crippen molar-refractivity contribution in [3.8, 4) is 44.6 Å². The molecule has 1 aliphatic carbocycles. The van der Waals surface area contributed by atoms with Crippen LogP contribution in [0.5, 0.6) is 0 Å². The highest BCUT2D eigenvalue weighted by molar-refractivity contribution is 6.23. The van der Waals surface area contributed by atoms with Gasteiger partial charge in [0, 0.05) is 32.5 Å². The second kappa shape index (κ2) is 10.7. The Morgan fingerprint density at radius 2 is 0.962 bits per heavy atom. The molecule has 1 aliphatic rings. The zero-order valence-corrected chi connectivity index (χ0v) is 28.8. The van der Waals surface area contributed by atoms with Crippen LogP contribution >= 0.6 is 0 Å². The molecule has 52 heavy (non-hydrogen) atoms. The highest BCUT2D eigenvalue weighted by atomic mass is 16.3. The summed E-state index contributed by atoms with van der Waals surface area (Å²) < 4.78 is 6.11. The molecule has 3 heteroatoms. The summed E-state index contributed by atoms with van der Waals surface area (Å²) in [5.74, 6) is 0. The van der Waals surface area contributed by atoms with Gasteiger partial charge in [-0.15, -0.1) is 0 Å². The molecule has 0 unspecified atom stereocenters. The van der Waals surface area contributed by atoms with Crippen molar-refractivity contribution in [2.24, 2.45) is 0 Å². The van der Waals surface area contributed by atoms with Crippen LogP contribution in [0.2, 0.25) is 0 Å². The highest BCUT2D eigenvalue weighted by Gasteiger charge is 2.36. The SMILES string of the molecule is CC1(C)c2cc(-c3cccc(-c4cnc5c6ccccc6c6ccccc6c5n4)c3)ccc2-c2ccc(-c3ccc4oc5ccccc5c4c3)cc21. The number of rotatable bonds is 3. The minimum atomic E-state index is -0.158. The van der Waals surface area contributed by atoms with Gasteiger partial charge in [0.2, 0.25) is 0 Å². The average Bonchev–Trinajstić information content (AvgIpc) is 3.68. The quantitative estimate of drug-likeness (QED) is 0.176. The van der Waals surface area contributed by atoms with Gasteiger partial charge in [-0.3, -0.25) is 4.98 Å². The van der Waals surface area contributed by atoms with Gasteiger partial charge < -0.3 is 4.42 Å². The van der Waals surface area contributed by atoms with Crippen LogP contribution in [0.25, 0.3) is 99.2 Å². The average molecular weight is 665 g/mol. The lowest BCUT2D eigenvalue weighted by molar-refractivity contribution is 0.661. The molecule has 0 amide bonds. The first-order valence-corrected chi connectivity index (χ1v) is 17.9. The molecule has 8 aromatic carbocycles. The van der Waals surface area contributed by atoms with Crippen molar-refractivity contribution in [1.82, 2.24) is 9.97 Å². The summed E-state index contributed by atoms with van der Waals surface area (Å²) in [5, 5.41) is 6.97. The second-order valence-corrected chi connectivity index (χ2v) is 14.6. The standard InChI is InChI=1S/C49H32N2O/c1-49(2)42-26-31(18-21-36(42)37-22-19-32(27-43(37)49)30-20-23-46-41(25-30)38-14-7-8-17-45(38)52-46)29-10-9-11-33(24-29)44-28-50-47-39-15-5-3-12-34(39)35-13-4-6-16-40(35)48(47)51-44/h3-28H,1-2H3. The third kappa shape index (κ3) is 4.20. The fourth-order valence-corrected chi connectivity index (χ4v) is 8.62. The zero-order chi connectivity index (χ0) is 34.6. The molecule has 0 aliphatic heterocycles. The number of fused-ring (bicyclic) bond motifs is 12. The Hall–Kier alpha value is -6.58. The number of nitrogens with zero attached hydrogens (tertiary/aromatic N) is 2. The van der Waals surface area contributed by atoms with E-state index in [1.54, 1.807) is 0 Å². The van der Waals surface area contributed by atoms with Crippen molar-refractivity contribution in [1.29, 1.82) is 0 Å². The maximum atomic E-state index is 6.11. The van der Waals surface area contributed by atoms with Gasteiger partial charge >= 0.3 is 0 Å².